The van der Waals surface area contributed by atoms with Crippen LogP contribution in [0.1, 0.15) is 12.6 Å². The number of aromatic nitrogens is 1. The zero-order valence-corrected chi connectivity index (χ0v) is 11.7. The molecule has 0 aliphatic rings. The highest BCUT2D eigenvalue weighted by Gasteiger charge is 2.10. The van der Waals surface area contributed by atoms with Gasteiger partial charge in [0.2, 0.25) is 0 Å². The van der Waals surface area contributed by atoms with E-state index < -0.39 is 6.10 Å². The van der Waals surface area contributed by atoms with Gasteiger partial charge in [-0.15, -0.1) is 6.58 Å². The highest BCUT2D eigenvalue weighted by atomic mass is 16.5. The summed E-state index contributed by atoms with van der Waals surface area (Å²) in [7, 11) is 0. The number of ether oxygens (including phenoxy) is 1. The summed E-state index contributed by atoms with van der Waals surface area (Å²) >= 11 is 0. The summed E-state index contributed by atoms with van der Waals surface area (Å²) in [5.41, 5.74) is 1.08. The first-order valence-corrected chi connectivity index (χ1v) is 6.75. The maximum Gasteiger partial charge on any atom is 0.0900 e. The van der Waals surface area contributed by atoms with Gasteiger partial charge in [0.15, 0.2) is 0 Å². The zero-order valence-electron chi connectivity index (χ0n) is 11.7. The van der Waals surface area contributed by atoms with Gasteiger partial charge in [-0.3, -0.25) is 4.98 Å². The highest BCUT2D eigenvalue weighted by molar-refractivity contribution is 5.03. The normalized spacial score (nSPS) is 12.6. The molecule has 106 valence electrons. The van der Waals surface area contributed by atoms with E-state index in [1.54, 1.807) is 6.08 Å². The number of aliphatic hydroxyl groups is 1. The number of hydrogen-bond donors (Lipinski definition) is 1. The molecule has 1 unspecified atom stereocenters. The van der Waals surface area contributed by atoms with Gasteiger partial charge >= 0.3 is 0 Å². The van der Waals surface area contributed by atoms with E-state index in [4.69, 9.17) is 4.74 Å². The van der Waals surface area contributed by atoms with Crippen LogP contribution in [0.4, 0.5) is 0 Å². The third-order valence-corrected chi connectivity index (χ3v) is 2.87. The van der Waals surface area contributed by atoms with Crippen molar-refractivity contribution in [3.63, 3.8) is 0 Å². The number of pyridine rings is 1. The Morgan fingerprint density at radius 2 is 2.37 bits per heavy atom. The van der Waals surface area contributed by atoms with Gasteiger partial charge < -0.3 is 14.7 Å². The Bertz CT molecular complexity index is 343. The Kier molecular flexibility index (Phi) is 8.05. The van der Waals surface area contributed by atoms with Crippen LogP contribution in [0, 0.1) is 0 Å². The summed E-state index contributed by atoms with van der Waals surface area (Å²) in [6, 6.07) is 5.94. The lowest BCUT2D eigenvalue weighted by molar-refractivity contribution is 0.0274. The molecule has 1 atom stereocenters. The molecule has 1 heterocycles. The van der Waals surface area contributed by atoms with Gasteiger partial charge in [0.05, 0.1) is 19.3 Å². The second-order valence-corrected chi connectivity index (χ2v) is 4.44. The van der Waals surface area contributed by atoms with Crippen molar-refractivity contribution in [1.29, 1.82) is 0 Å². The molecule has 0 aromatic carbocycles. The van der Waals surface area contributed by atoms with Crippen molar-refractivity contribution >= 4 is 0 Å². The molecule has 0 spiro atoms. The van der Waals surface area contributed by atoms with Crippen LogP contribution in [0.25, 0.3) is 0 Å². The van der Waals surface area contributed by atoms with Crippen LogP contribution < -0.4 is 0 Å². The van der Waals surface area contributed by atoms with Crippen molar-refractivity contribution in [2.45, 2.75) is 19.4 Å². The maximum absolute atomic E-state index is 9.86. The first-order chi connectivity index (χ1) is 9.26. The van der Waals surface area contributed by atoms with E-state index in [-0.39, 0.29) is 0 Å². The Labute approximate surface area is 115 Å². The summed E-state index contributed by atoms with van der Waals surface area (Å²) in [5, 5.41) is 9.86. The van der Waals surface area contributed by atoms with E-state index in [1.165, 1.54) is 0 Å². The largest absolute Gasteiger partial charge is 0.389 e. The van der Waals surface area contributed by atoms with Gasteiger partial charge in [-0.25, -0.2) is 0 Å². The average molecular weight is 264 g/mol. The molecule has 1 aromatic rings. The Morgan fingerprint density at radius 3 is 3.00 bits per heavy atom. The summed E-state index contributed by atoms with van der Waals surface area (Å²) in [6.07, 6.45) is 3.94. The molecule has 0 fully saturated rings. The molecule has 1 N–H and O–H groups in total. The minimum Gasteiger partial charge on any atom is -0.389 e. The molecule has 0 bridgehead atoms. The van der Waals surface area contributed by atoms with Crippen LogP contribution in [0.2, 0.25) is 0 Å². The smallest absolute Gasteiger partial charge is 0.0900 e. The molecule has 0 radical (unpaired) electrons. The molecular formula is C15H24N2O2. The molecule has 1 rings (SSSR count). The highest BCUT2D eigenvalue weighted by Crippen LogP contribution is 2.00. The topological polar surface area (TPSA) is 45.6 Å². The van der Waals surface area contributed by atoms with E-state index in [0.717, 1.165) is 25.2 Å². The Morgan fingerprint density at radius 1 is 1.53 bits per heavy atom. The molecule has 0 aliphatic carbocycles. The third-order valence-electron chi connectivity index (χ3n) is 2.87. The predicted octanol–water partition coefficient (Wildman–Crippen LogP) is 1.51. The van der Waals surface area contributed by atoms with Crippen LogP contribution in [-0.2, 0) is 11.2 Å². The minimum absolute atomic E-state index is 0.353. The van der Waals surface area contributed by atoms with Crippen molar-refractivity contribution in [3.8, 4) is 0 Å². The van der Waals surface area contributed by atoms with E-state index in [0.29, 0.717) is 19.8 Å². The molecule has 1 aromatic heterocycles. The second-order valence-electron chi connectivity index (χ2n) is 4.44. The molecule has 0 amide bonds. The molecule has 0 aliphatic heterocycles. The van der Waals surface area contributed by atoms with Gasteiger partial charge in [0.1, 0.15) is 0 Å². The van der Waals surface area contributed by atoms with Gasteiger partial charge in [-0.2, -0.15) is 0 Å². The second kappa shape index (κ2) is 9.67. The minimum atomic E-state index is -0.455. The number of likely N-dealkylation sites (N-methyl/N-ethyl adjacent to an activating group) is 1. The van der Waals surface area contributed by atoms with E-state index in [9.17, 15) is 5.11 Å². The van der Waals surface area contributed by atoms with Gasteiger partial charge in [-0.1, -0.05) is 19.1 Å². The first kappa shape index (κ1) is 15.8. The average Bonchev–Trinajstić information content (AvgIpc) is 2.45. The van der Waals surface area contributed by atoms with Crippen molar-refractivity contribution in [3.05, 3.63) is 42.7 Å². The van der Waals surface area contributed by atoms with E-state index >= 15 is 0 Å². The fourth-order valence-electron chi connectivity index (χ4n) is 1.84. The van der Waals surface area contributed by atoms with Crippen LogP contribution in [-0.4, -0.2) is 53.9 Å². The fourth-order valence-corrected chi connectivity index (χ4v) is 1.84. The third kappa shape index (κ3) is 7.06. The number of nitrogens with zero attached hydrogens (tertiary/aromatic N) is 2. The Balaban J connectivity index is 2.27. The van der Waals surface area contributed by atoms with Gasteiger partial charge in [0.25, 0.3) is 0 Å². The zero-order chi connectivity index (χ0) is 13.9. The van der Waals surface area contributed by atoms with Crippen LogP contribution in [0.15, 0.2) is 37.1 Å². The molecular weight excluding hydrogens is 240 g/mol. The summed E-state index contributed by atoms with van der Waals surface area (Å²) in [5.74, 6) is 0. The number of hydrogen-bond acceptors (Lipinski definition) is 4. The van der Waals surface area contributed by atoms with Crippen molar-refractivity contribution in [2.75, 3.05) is 32.8 Å². The lowest BCUT2D eigenvalue weighted by Gasteiger charge is -2.23. The Hall–Kier alpha value is -1.23. The van der Waals surface area contributed by atoms with Crippen LogP contribution in [0.3, 0.4) is 0 Å². The fraction of sp³-hybridized carbons (Fsp3) is 0.533. The molecule has 4 nitrogen and oxygen atoms in total. The summed E-state index contributed by atoms with van der Waals surface area (Å²) in [6.45, 7) is 8.93. The quantitative estimate of drug-likeness (QED) is 0.514. The lowest BCUT2D eigenvalue weighted by atomic mass is 10.2. The van der Waals surface area contributed by atoms with E-state index in [2.05, 4.69) is 23.4 Å². The number of rotatable bonds is 10. The van der Waals surface area contributed by atoms with Crippen molar-refractivity contribution in [2.24, 2.45) is 0 Å². The van der Waals surface area contributed by atoms with Crippen molar-refractivity contribution in [1.82, 2.24) is 9.88 Å². The number of aliphatic hydroxyl groups excluding tert-OH is 1. The first-order valence-electron chi connectivity index (χ1n) is 6.75. The standard InChI is InChI=1S/C15H24N2O2/c1-3-11-19-13-15(18)12-17(4-2)10-8-14-7-5-6-9-16-14/h3,5-7,9,15,18H,1,4,8,10-13H2,2H3. The predicted molar refractivity (Wildman–Crippen MR) is 77.1 cm³/mol. The molecule has 4 heteroatoms. The van der Waals surface area contributed by atoms with Gasteiger partial charge in [0, 0.05) is 31.4 Å². The van der Waals surface area contributed by atoms with E-state index in [1.807, 2.05) is 24.4 Å². The van der Waals surface area contributed by atoms with Crippen molar-refractivity contribution < 1.29 is 9.84 Å². The molecule has 19 heavy (non-hydrogen) atoms. The summed E-state index contributed by atoms with van der Waals surface area (Å²) < 4.78 is 5.25. The van der Waals surface area contributed by atoms with Crippen LogP contribution in [0.5, 0.6) is 0 Å². The van der Waals surface area contributed by atoms with Crippen LogP contribution >= 0.6 is 0 Å². The summed E-state index contributed by atoms with van der Waals surface area (Å²) in [4.78, 5) is 6.50. The maximum atomic E-state index is 9.86. The van der Waals surface area contributed by atoms with Gasteiger partial charge in [-0.05, 0) is 18.7 Å². The SMILES string of the molecule is C=CCOCC(O)CN(CC)CCc1ccccn1. The monoisotopic (exact) mass is 264 g/mol. The molecule has 0 saturated heterocycles. The molecule has 0 saturated carbocycles. The lowest BCUT2D eigenvalue weighted by Crippen LogP contribution is -2.36.